The molecule has 1 amide bonds. The predicted octanol–water partition coefficient (Wildman–Crippen LogP) is 3.41. The Morgan fingerprint density at radius 1 is 0.840 bits per heavy atom. The number of hydrogen-bond donors (Lipinski definition) is 1. The van der Waals surface area contributed by atoms with Gasteiger partial charge in [-0.3, -0.25) is 9.00 Å². The summed E-state index contributed by atoms with van der Waals surface area (Å²) in [6.45, 7) is 4.62. The molecule has 0 spiro atoms. The highest BCUT2D eigenvalue weighted by Crippen LogP contribution is 2.06. The van der Waals surface area contributed by atoms with E-state index in [1.165, 1.54) is 38.5 Å². The minimum Gasteiger partial charge on any atom is -0.356 e. The average Bonchev–Trinajstić information content (AvgIpc) is 2.58. The van der Waals surface area contributed by atoms with Crippen molar-refractivity contribution in [2.24, 2.45) is 0 Å². The van der Waals surface area contributed by atoms with Gasteiger partial charge in [0.05, 0.1) is 18.6 Å². The van der Waals surface area contributed by atoms with Gasteiger partial charge in [0.1, 0.15) is 5.75 Å². The molecule has 0 aromatic rings. The van der Waals surface area contributed by atoms with Crippen molar-refractivity contribution in [3.05, 3.63) is 0 Å². The highest BCUT2D eigenvalue weighted by Gasteiger charge is 2.04. The zero-order valence-corrected chi connectivity index (χ0v) is 16.5. The Bertz CT molecular complexity index is 564. The lowest BCUT2D eigenvalue weighted by molar-refractivity contribution is -0.118. The van der Waals surface area contributed by atoms with Crippen LogP contribution in [0.15, 0.2) is 0 Å². The van der Waals surface area contributed by atoms with Crippen LogP contribution in [0.25, 0.3) is 0 Å². The molecule has 0 heterocycles. The fourth-order valence-corrected chi connectivity index (χ4v) is 2.76. The fourth-order valence-electron chi connectivity index (χ4n) is 2.00. The summed E-state index contributed by atoms with van der Waals surface area (Å²) in [7, 11) is -1.22. The standard InChI is InChI=1S/C21H31NO2S/c1-3-5-6-7-8-9-10-11-12-13-14-15-16-17-18-19-25(24)20-21(23)22-4-2/h3-10,13,16,19-20H2,1-2H3,(H,22,23). The van der Waals surface area contributed by atoms with E-state index in [2.05, 4.69) is 47.8 Å². The quantitative estimate of drug-likeness (QED) is 0.479. The maximum absolute atomic E-state index is 11.6. The zero-order valence-electron chi connectivity index (χ0n) is 15.7. The first kappa shape index (κ1) is 23.3. The lowest BCUT2D eigenvalue weighted by Gasteiger charge is -1.98. The predicted molar refractivity (Wildman–Crippen MR) is 107 cm³/mol. The smallest absolute Gasteiger partial charge is 0.232 e. The molecule has 1 unspecified atom stereocenters. The van der Waals surface area contributed by atoms with Crippen LogP contribution in [0, 0.1) is 35.5 Å². The Balaban J connectivity index is 3.65. The molecule has 0 aliphatic heterocycles. The lowest BCUT2D eigenvalue weighted by Crippen LogP contribution is -2.28. The van der Waals surface area contributed by atoms with Crippen molar-refractivity contribution in [1.82, 2.24) is 5.32 Å². The minimum atomic E-state index is -1.22. The van der Waals surface area contributed by atoms with Crippen LogP contribution in [0.1, 0.15) is 71.6 Å². The van der Waals surface area contributed by atoms with Crippen LogP contribution in [0.4, 0.5) is 0 Å². The van der Waals surface area contributed by atoms with Crippen LogP contribution in [0.2, 0.25) is 0 Å². The third kappa shape index (κ3) is 18.5. The molecule has 0 bridgehead atoms. The van der Waals surface area contributed by atoms with Gasteiger partial charge in [0.25, 0.3) is 0 Å². The number of carbonyl (C=O) groups excluding carboxylic acids is 1. The Morgan fingerprint density at radius 2 is 1.44 bits per heavy atom. The van der Waals surface area contributed by atoms with Crippen molar-refractivity contribution in [2.45, 2.75) is 71.6 Å². The molecular weight excluding hydrogens is 330 g/mol. The van der Waals surface area contributed by atoms with Gasteiger partial charge in [-0.05, 0) is 13.3 Å². The van der Waals surface area contributed by atoms with Crippen LogP contribution in [-0.2, 0) is 15.6 Å². The fraction of sp³-hybridized carbons (Fsp3) is 0.667. The normalized spacial score (nSPS) is 10.3. The SMILES string of the molecule is CCCCCCCCC#CCC#CCC#CCS(=O)CC(=O)NCC. The van der Waals surface area contributed by atoms with E-state index in [1.54, 1.807) is 0 Å². The molecule has 3 nitrogen and oxygen atoms in total. The molecule has 138 valence electrons. The van der Waals surface area contributed by atoms with Crippen molar-refractivity contribution in [1.29, 1.82) is 0 Å². The van der Waals surface area contributed by atoms with Gasteiger partial charge in [-0.1, -0.05) is 68.6 Å². The molecule has 0 saturated heterocycles. The molecule has 0 saturated carbocycles. The number of carbonyl (C=O) groups is 1. The van der Waals surface area contributed by atoms with Crippen molar-refractivity contribution in [3.63, 3.8) is 0 Å². The van der Waals surface area contributed by atoms with Gasteiger partial charge < -0.3 is 5.32 Å². The highest BCUT2D eigenvalue weighted by atomic mass is 32.2. The van der Waals surface area contributed by atoms with Gasteiger partial charge in [-0.15, -0.1) is 5.92 Å². The Hall–Kier alpha value is -1.70. The Morgan fingerprint density at radius 3 is 2.12 bits per heavy atom. The molecule has 0 fully saturated rings. The number of hydrogen-bond acceptors (Lipinski definition) is 2. The molecule has 0 aromatic carbocycles. The number of rotatable bonds is 10. The lowest BCUT2D eigenvalue weighted by atomic mass is 10.1. The molecule has 0 aliphatic rings. The van der Waals surface area contributed by atoms with E-state index in [-0.39, 0.29) is 17.4 Å². The van der Waals surface area contributed by atoms with E-state index in [9.17, 15) is 9.00 Å². The second kappa shape index (κ2) is 18.6. The van der Waals surface area contributed by atoms with Crippen LogP contribution >= 0.6 is 0 Å². The van der Waals surface area contributed by atoms with Crippen LogP contribution in [-0.4, -0.2) is 28.2 Å². The summed E-state index contributed by atoms with van der Waals surface area (Å²) in [5.41, 5.74) is 0. The molecular formula is C21H31NO2S. The number of amides is 1. The number of unbranched alkanes of at least 4 members (excludes halogenated alkanes) is 6. The van der Waals surface area contributed by atoms with E-state index in [0.717, 1.165) is 6.42 Å². The van der Waals surface area contributed by atoms with Crippen LogP contribution in [0.5, 0.6) is 0 Å². The monoisotopic (exact) mass is 361 g/mol. The van der Waals surface area contributed by atoms with E-state index >= 15 is 0 Å². The first-order valence-corrected chi connectivity index (χ1v) is 10.7. The van der Waals surface area contributed by atoms with Crippen molar-refractivity contribution >= 4 is 16.7 Å². The second-order valence-corrected chi connectivity index (χ2v) is 7.07. The molecule has 0 aliphatic carbocycles. The Kier molecular flexibility index (Phi) is 17.4. The molecule has 1 N–H and O–H groups in total. The highest BCUT2D eigenvalue weighted by molar-refractivity contribution is 7.85. The summed E-state index contributed by atoms with van der Waals surface area (Å²) in [5, 5.41) is 2.62. The van der Waals surface area contributed by atoms with Crippen molar-refractivity contribution < 1.29 is 9.00 Å². The van der Waals surface area contributed by atoms with Crippen LogP contribution < -0.4 is 5.32 Å². The van der Waals surface area contributed by atoms with Crippen molar-refractivity contribution in [3.8, 4) is 35.5 Å². The first-order chi connectivity index (χ1) is 12.2. The van der Waals surface area contributed by atoms with Crippen LogP contribution in [0.3, 0.4) is 0 Å². The van der Waals surface area contributed by atoms with Crippen molar-refractivity contribution in [2.75, 3.05) is 18.1 Å². The summed E-state index contributed by atoms with van der Waals surface area (Å²) < 4.78 is 11.6. The van der Waals surface area contributed by atoms with Gasteiger partial charge in [0.2, 0.25) is 5.91 Å². The largest absolute Gasteiger partial charge is 0.356 e. The molecule has 0 aromatic heterocycles. The second-order valence-electron chi connectivity index (χ2n) is 5.61. The number of nitrogens with one attached hydrogen (secondary N) is 1. The maximum Gasteiger partial charge on any atom is 0.232 e. The van der Waals surface area contributed by atoms with Gasteiger partial charge in [-0.2, -0.15) is 0 Å². The maximum atomic E-state index is 11.6. The molecule has 25 heavy (non-hydrogen) atoms. The Labute approximate surface area is 156 Å². The third-order valence-electron chi connectivity index (χ3n) is 3.28. The van der Waals surface area contributed by atoms with E-state index in [1.807, 2.05) is 6.92 Å². The third-order valence-corrected chi connectivity index (χ3v) is 4.33. The summed E-state index contributed by atoms with van der Waals surface area (Å²) in [4.78, 5) is 11.2. The average molecular weight is 362 g/mol. The van der Waals surface area contributed by atoms with E-state index < -0.39 is 10.8 Å². The topological polar surface area (TPSA) is 46.2 Å². The first-order valence-electron chi connectivity index (χ1n) is 9.19. The zero-order chi connectivity index (χ0) is 18.6. The summed E-state index contributed by atoms with van der Waals surface area (Å²) in [6, 6.07) is 0. The minimum absolute atomic E-state index is 0.0163. The van der Waals surface area contributed by atoms with Gasteiger partial charge >= 0.3 is 0 Å². The van der Waals surface area contributed by atoms with Gasteiger partial charge in [-0.25, -0.2) is 0 Å². The van der Waals surface area contributed by atoms with Gasteiger partial charge in [0.15, 0.2) is 0 Å². The molecule has 1 atom stereocenters. The summed E-state index contributed by atoms with van der Waals surface area (Å²) >= 11 is 0. The van der Waals surface area contributed by atoms with E-state index in [4.69, 9.17) is 0 Å². The molecule has 0 radical (unpaired) electrons. The molecule has 4 heteroatoms. The summed E-state index contributed by atoms with van der Waals surface area (Å²) in [6.07, 6.45) is 9.76. The van der Waals surface area contributed by atoms with E-state index in [0.29, 0.717) is 19.4 Å². The molecule has 0 rings (SSSR count). The summed E-state index contributed by atoms with van der Waals surface area (Å²) in [5.74, 6) is 17.8. The van der Waals surface area contributed by atoms with Gasteiger partial charge in [0, 0.05) is 23.8 Å².